The van der Waals surface area contributed by atoms with Gasteiger partial charge in [-0.15, -0.1) is 0 Å². The first-order chi connectivity index (χ1) is 11.7. The maximum absolute atomic E-state index is 6.29. The first kappa shape index (κ1) is 21.7. The van der Waals surface area contributed by atoms with Crippen LogP contribution in [0.15, 0.2) is 24.3 Å². The first-order valence-electron chi connectivity index (χ1n) is 9.68. The minimum Gasteiger partial charge on any atom is -0.394 e. The largest absolute Gasteiger partial charge is 0.394 e. The van der Waals surface area contributed by atoms with Crippen LogP contribution >= 0.6 is 11.6 Å². The van der Waals surface area contributed by atoms with Crippen LogP contribution in [-0.2, 0) is 15.5 Å². The van der Waals surface area contributed by atoms with Crippen molar-refractivity contribution in [2.45, 2.75) is 84.4 Å². The fraction of sp³-hybridized carbons (Fsp3) is 0.700. The average Bonchev–Trinajstić information content (AvgIpc) is 2.61. The zero-order chi connectivity index (χ0) is 17.7. The van der Waals surface area contributed by atoms with E-state index in [-0.39, 0.29) is 0 Å². The zero-order valence-electron chi connectivity index (χ0n) is 15.8. The van der Waals surface area contributed by atoms with Crippen LogP contribution in [0, 0.1) is 0 Å². The third-order valence-corrected chi connectivity index (χ3v) is 8.41. The molecule has 0 aromatic heterocycles. The number of rotatable bonds is 14. The van der Waals surface area contributed by atoms with Gasteiger partial charge in [0.1, 0.15) is 0 Å². The van der Waals surface area contributed by atoms with E-state index in [1.165, 1.54) is 38.5 Å². The van der Waals surface area contributed by atoms with Crippen molar-refractivity contribution in [3.63, 3.8) is 0 Å². The monoisotopic (exact) mass is 370 g/mol. The molecule has 0 fully saturated rings. The van der Waals surface area contributed by atoms with E-state index < -0.39 is 8.56 Å². The Kier molecular flexibility index (Phi) is 11.7. The number of hydrogen-bond acceptors (Lipinski definition) is 2. The standard InChI is InChI=1S/C20H35ClO2Si/c1-4-7-8-9-10-11-12-17-22-24(5-2,6-3)23-18-19-13-15-20(21)16-14-19/h13-16H,4-12,17-18H2,1-3H3. The lowest BCUT2D eigenvalue weighted by Gasteiger charge is -2.29. The highest BCUT2D eigenvalue weighted by molar-refractivity contribution is 6.67. The molecule has 0 unspecified atom stereocenters. The van der Waals surface area contributed by atoms with Crippen LogP contribution in [0.2, 0.25) is 17.1 Å². The summed E-state index contributed by atoms with van der Waals surface area (Å²) >= 11 is 5.94. The van der Waals surface area contributed by atoms with Crippen molar-refractivity contribution >= 4 is 20.2 Å². The average molecular weight is 371 g/mol. The van der Waals surface area contributed by atoms with Gasteiger partial charge in [0.05, 0.1) is 6.61 Å². The smallest absolute Gasteiger partial charge is 0.337 e. The highest BCUT2D eigenvalue weighted by Crippen LogP contribution is 2.22. The molecule has 0 heterocycles. The molecule has 0 saturated heterocycles. The molecule has 0 aliphatic rings. The fourth-order valence-corrected chi connectivity index (χ4v) is 5.28. The number of halogens is 1. The Balaban J connectivity index is 2.29. The number of hydrogen-bond donors (Lipinski definition) is 0. The summed E-state index contributed by atoms with van der Waals surface area (Å²) in [6.45, 7) is 8.13. The van der Waals surface area contributed by atoms with E-state index in [1.54, 1.807) is 0 Å². The second-order valence-electron chi connectivity index (χ2n) is 6.50. The lowest BCUT2D eigenvalue weighted by Crippen LogP contribution is -2.40. The normalized spacial score (nSPS) is 11.8. The van der Waals surface area contributed by atoms with Gasteiger partial charge in [-0.2, -0.15) is 0 Å². The molecule has 0 N–H and O–H groups in total. The molecule has 0 bridgehead atoms. The van der Waals surface area contributed by atoms with Crippen molar-refractivity contribution < 1.29 is 8.85 Å². The van der Waals surface area contributed by atoms with Crippen molar-refractivity contribution in [2.24, 2.45) is 0 Å². The van der Waals surface area contributed by atoms with Gasteiger partial charge in [0.2, 0.25) is 0 Å². The van der Waals surface area contributed by atoms with Crippen LogP contribution in [0.3, 0.4) is 0 Å². The van der Waals surface area contributed by atoms with Gasteiger partial charge in [-0.3, -0.25) is 0 Å². The van der Waals surface area contributed by atoms with E-state index in [0.717, 1.165) is 35.7 Å². The first-order valence-corrected chi connectivity index (χ1v) is 12.3. The van der Waals surface area contributed by atoms with E-state index in [4.69, 9.17) is 20.5 Å². The molecule has 0 aliphatic heterocycles. The van der Waals surface area contributed by atoms with E-state index in [0.29, 0.717) is 6.61 Å². The van der Waals surface area contributed by atoms with Gasteiger partial charge in [0.25, 0.3) is 0 Å². The molecular weight excluding hydrogens is 336 g/mol. The molecule has 1 aromatic rings. The van der Waals surface area contributed by atoms with Crippen LogP contribution in [-0.4, -0.2) is 15.2 Å². The van der Waals surface area contributed by atoms with E-state index >= 15 is 0 Å². The molecule has 0 amide bonds. The van der Waals surface area contributed by atoms with Gasteiger partial charge in [-0.1, -0.05) is 83.0 Å². The summed E-state index contributed by atoms with van der Waals surface area (Å²) in [6, 6.07) is 9.91. The predicted octanol–water partition coefficient (Wildman–Crippen LogP) is 7.11. The molecule has 0 aliphatic carbocycles. The molecule has 1 rings (SSSR count). The van der Waals surface area contributed by atoms with E-state index in [2.05, 4.69) is 20.8 Å². The van der Waals surface area contributed by atoms with Crippen molar-refractivity contribution in [1.29, 1.82) is 0 Å². The van der Waals surface area contributed by atoms with Crippen molar-refractivity contribution in [1.82, 2.24) is 0 Å². The minimum absolute atomic E-state index is 0.627. The summed E-state index contributed by atoms with van der Waals surface area (Å²) in [5.74, 6) is 0. The number of benzene rings is 1. The Hall–Kier alpha value is -0.353. The molecular formula is C20H35ClO2Si. The summed E-state index contributed by atoms with van der Waals surface area (Å²) in [7, 11) is -2.05. The second kappa shape index (κ2) is 12.9. The Morgan fingerprint density at radius 1 is 0.792 bits per heavy atom. The van der Waals surface area contributed by atoms with Gasteiger partial charge in [0, 0.05) is 11.6 Å². The molecule has 1 aromatic carbocycles. The zero-order valence-corrected chi connectivity index (χ0v) is 17.5. The Bertz CT molecular complexity index is 418. The van der Waals surface area contributed by atoms with Gasteiger partial charge in [-0.05, 0) is 36.2 Å². The molecule has 0 radical (unpaired) electrons. The molecule has 0 atom stereocenters. The second-order valence-corrected chi connectivity index (χ2v) is 10.8. The van der Waals surface area contributed by atoms with Gasteiger partial charge >= 0.3 is 8.56 Å². The summed E-state index contributed by atoms with van der Waals surface area (Å²) < 4.78 is 12.6. The summed E-state index contributed by atoms with van der Waals surface area (Å²) in [6.07, 6.45) is 9.20. The maximum Gasteiger partial charge on any atom is 0.337 e. The van der Waals surface area contributed by atoms with E-state index in [1.807, 2.05) is 24.3 Å². The summed E-state index contributed by atoms with van der Waals surface area (Å²) in [4.78, 5) is 0. The van der Waals surface area contributed by atoms with Gasteiger partial charge < -0.3 is 8.85 Å². The fourth-order valence-electron chi connectivity index (χ4n) is 2.81. The lowest BCUT2D eigenvalue weighted by atomic mass is 10.1. The molecule has 4 heteroatoms. The third kappa shape index (κ3) is 8.66. The minimum atomic E-state index is -2.05. The Labute approximate surface area is 155 Å². The molecule has 0 saturated carbocycles. The topological polar surface area (TPSA) is 18.5 Å². The summed E-state index contributed by atoms with van der Waals surface area (Å²) in [5, 5.41) is 0.767. The Morgan fingerprint density at radius 2 is 1.38 bits per heavy atom. The lowest BCUT2D eigenvalue weighted by molar-refractivity contribution is 0.158. The van der Waals surface area contributed by atoms with Crippen molar-refractivity contribution in [2.75, 3.05) is 6.61 Å². The highest BCUT2D eigenvalue weighted by Gasteiger charge is 2.33. The number of unbranched alkanes of at least 4 members (excludes halogenated alkanes) is 6. The van der Waals surface area contributed by atoms with Crippen LogP contribution in [0.1, 0.15) is 71.3 Å². The van der Waals surface area contributed by atoms with Gasteiger partial charge in [-0.25, -0.2) is 0 Å². The highest BCUT2D eigenvalue weighted by atomic mass is 35.5. The molecule has 24 heavy (non-hydrogen) atoms. The molecule has 138 valence electrons. The molecule has 0 spiro atoms. The van der Waals surface area contributed by atoms with Crippen LogP contribution in [0.4, 0.5) is 0 Å². The van der Waals surface area contributed by atoms with E-state index in [9.17, 15) is 0 Å². The predicted molar refractivity (Wildman–Crippen MR) is 107 cm³/mol. The van der Waals surface area contributed by atoms with Crippen LogP contribution in [0.25, 0.3) is 0 Å². The van der Waals surface area contributed by atoms with Crippen molar-refractivity contribution in [3.05, 3.63) is 34.9 Å². The van der Waals surface area contributed by atoms with Crippen molar-refractivity contribution in [3.8, 4) is 0 Å². The maximum atomic E-state index is 6.29. The molecule has 2 nitrogen and oxygen atoms in total. The van der Waals surface area contributed by atoms with Crippen LogP contribution < -0.4 is 0 Å². The summed E-state index contributed by atoms with van der Waals surface area (Å²) in [5.41, 5.74) is 1.16. The van der Waals surface area contributed by atoms with Gasteiger partial charge in [0.15, 0.2) is 0 Å². The Morgan fingerprint density at radius 3 is 1.96 bits per heavy atom. The SMILES string of the molecule is CCCCCCCCCO[Si](CC)(CC)OCc1ccc(Cl)cc1. The van der Waals surface area contributed by atoms with Crippen LogP contribution in [0.5, 0.6) is 0 Å². The third-order valence-electron chi connectivity index (χ3n) is 4.61. The quantitative estimate of drug-likeness (QED) is 0.256.